The molecule has 2 saturated heterocycles. The second kappa shape index (κ2) is 13.3. The topological polar surface area (TPSA) is 55.4 Å². The molecule has 242 valence electrons. The van der Waals surface area contributed by atoms with Gasteiger partial charge in [0.1, 0.15) is 24.4 Å². The predicted molar refractivity (Wildman–Crippen MR) is 179 cm³/mol. The normalized spacial score (nSPS) is 30.0. The molecule has 2 rings (SSSR count). The van der Waals surface area contributed by atoms with Crippen molar-refractivity contribution in [3.8, 4) is 0 Å². The predicted octanol–water partition coefficient (Wildman–Crippen LogP) is 8.70. The monoisotopic (exact) mass is 630 g/mol. The smallest absolute Gasteiger partial charge is 0.193 e. The van der Waals surface area contributed by atoms with Crippen LogP contribution in [-0.4, -0.2) is 81.4 Å². The van der Waals surface area contributed by atoms with Crippen LogP contribution in [0.5, 0.6) is 0 Å². The van der Waals surface area contributed by atoms with Crippen molar-refractivity contribution < 1.29 is 27.5 Å². The molecule has 7 atom stereocenters. The van der Waals surface area contributed by atoms with E-state index in [-0.39, 0.29) is 57.8 Å². The molecule has 0 saturated carbocycles. The maximum atomic E-state index is 7.40. The largest absolute Gasteiger partial charge is 0.408 e. The van der Waals surface area contributed by atoms with Gasteiger partial charge in [-0.3, -0.25) is 0 Å². The molecule has 41 heavy (non-hydrogen) atoms. The molecule has 0 aliphatic carbocycles. The summed E-state index contributed by atoms with van der Waals surface area (Å²) in [6.45, 7) is 37.3. The van der Waals surface area contributed by atoms with Gasteiger partial charge in [-0.2, -0.15) is 0 Å². The van der Waals surface area contributed by atoms with Gasteiger partial charge in [-0.25, -0.2) is 0 Å². The zero-order valence-corrected chi connectivity index (χ0v) is 32.8. The Morgan fingerprint density at radius 3 is 1.66 bits per heavy atom. The van der Waals surface area contributed by atoms with Crippen LogP contribution in [0, 0.1) is 0 Å². The molecular weight excluding hydrogens is 565 g/mol. The first-order valence-electron chi connectivity index (χ1n) is 15.8. The molecule has 6 nitrogen and oxygen atoms in total. The molecule has 0 amide bonds. The number of rotatable bonds is 10. The summed E-state index contributed by atoms with van der Waals surface area (Å²) in [5.41, 5.74) is 0. The minimum absolute atomic E-state index is 0.0234. The molecule has 0 aromatic carbocycles. The van der Waals surface area contributed by atoms with E-state index in [1.165, 1.54) is 0 Å². The van der Waals surface area contributed by atoms with Crippen LogP contribution >= 0.6 is 0 Å². The Kier molecular flexibility index (Phi) is 12.1. The third kappa shape index (κ3) is 8.87. The van der Waals surface area contributed by atoms with Gasteiger partial charge in [0, 0.05) is 7.11 Å². The quantitative estimate of drug-likeness (QED) is 0.178. The Bertz CT molecular complexity index is 868. The van der Waals surface area contributed by atoms with Crippen molar-refractivity contribution in [3.05, 3.63) is 12.2 Å². The van der Waals surface area contributed by atoms with E-state index < -0.39 is 25.0 Å². The Hall–Kier alpha value is 0.151. The third-order valence-electron chi connectivity index (χ3n) is 10.6. The lowest BCUT2D eigenvalue weighted by atomic mass is 9.87. The van der Waals surface area contributed by atoms with Gasteiger partial charge >= 0.3 is 0 Å². The lowest BCUT2D eigenvalue weighted by Gasteiger charge is -2.56. The van der Waals surface area contributed by atoms with E-state index in [1.807, 2.05) is 0 Å². The summed E-state index contributed by atoms with van der Waals surface area (Å²) < 4.78 is 41.4. The Morgan fingerprint density at radius 1 is 0.732 bits per heavy atom. The van der Waals surface area contributed by atoms with Gasteiger partial charge in [0.2, 0.25) is 0 Å². The van der Waals surface area contributed by atoms with Crippen LogP contribution in [0.3, 0.4) is 0 Å². The van der Waals surface area contributed by atoms with Crippen LogP contribution < -0.4 is 0 Å². The number of fused-ring (bicyclic) bond motifs is 1. The Labute approximate surface area is 257 Å². The molecular formula is C32H66O6Si3. The van der Waals surface area contributed by atoms with Crippen molar-refractivity contribution >= 4 is 25.0 Å². The summed E-state index contributed by atoms with van der Waals surface area (Å²) in [6, 6.07) is 0. The second-order valence-corrected chi connectivity index (χ2v) is 31.2. The Morgan fingerprint density at radius 2 is 1.22 bits per heavy atom. The van der Waals surface area contributed by atoms with Gasteiger partial charge in [-0.1, -0.05) is 74.5 Å². The highest BCUT2D eigenvalue weighted by molar-refractivity contribution is 6.75. The van der Waals surface area contributed by atoms with Crippen LogP contribution in [-0.2, 0) is 27.5 Å². The number of allylic oxidation sites excluding steroid dienone is 1. The van der Waals surface area contributed by atoms with Gasteiger partial charge in [0.25, 0.3) is 0 Å². The fraction of sp³-hybridized carbons (Fsp3) is 0.938. The summed E-state index contributed by atoms with van der Waals surface area (Å²) >= 11 is 0. The van der Waals surface area contributed by atoms with Crippen LogP contribution in [0.25, 0.3) is 0 Å². The highest BCUT2D eigenvalue weighted by Gasteiger charge is 2.57. The summed E-state index contributed by atoms with van der Waals surface area (Å²) in [6.07, 6.45) is 4.70. The highest BCUT2D eigenvalue weighted by Crippen LogP contribution is 2.47. The molecule has 2 heterocycles. The van der Waals surface area contributed by atoms with Crippen molar-refractivity contribution in [2.75, 3.05) is 13.7 Å². The molecule has 0 spiro atoms. The standard InChI is InChI=1S/C32H66O6Si3/c1-18-19-25(36-39(12,13)30(2,3)4)27-29(38-41(16,17)32(8,9)10)28(37-40(14,15)31(5,6)7)26-24(35-27)21-20-23(34-26)22-33-11/h18-19,23-29H,20-22H2,1-17H3/b19-18+/t23-,24+,25+,26+,27+,28+,29-/m1/s1. The van der Waals surface area contributed by atoms with E-state index >= 15 is 0 Å². The van der Waals surface area contributed by atoms with Crippen molar-refractivity contribution in [1.82, 2.24) is 0 Å². The number of hydrogen-bond donors (Lipinski definition) is 0. The van der Waals surface area contributed by atoms with Gasteiger partial charge in [-0.15, -0.1) is 0 Å². The highest BCUT2D eigenvalue weighted by atomic mass is 28.4. The fourth-order valence-electron chi connectivity index (χ4n) is 4.78. The summed E-state index contributed by atoms with van der Waals surface area (Å²) in [4.78, 5) is 0. The van der Waals surface area contributed by atoms with Crippen LogP contribution in [0.4, 0.5) is 0 Å². The fourth-order valence-corrected chi connectivity index (χ4v) is 8.63. The molecule has 2 fully saturated rings. The molecule has 0 bridgehead atoms. The molecule has 2 aliphatic heterocycles. The van der Waals surface area contributed by atoms with Crippen molar-refractivity contribution in [3.63, 3.8) is 0 Å². The second-order valence-electron chi connectivity index (χ2n) is 16.9. The molecule has 0 aromatic heterocycles. The maximum absolute atomic E-state index is 7.40. The lowest BCUT2D eigenvalue weighted by molar-refractivity contribution is -0.269. The molecule has 9 heteroatoms. The number of hydrogen-bond acceptors (Lipinski definition) is 6. The average Bonchev–Trinajstić information content (AvgIpc) is 2.78. The summed E-state index contributed by atoms with van der Waals surface area (Å²) in [5.74, 6) is 0. The molecule has 2 aliphatic rings. The lowest BCUT2D eigenvalue weighted by Crippen LogP contribution is -2.69. The first-order valence-corrected chi connectivity index (χ1v) is 24.6. The summed E-state index contributed by atoms with van der Waals surface area (Å²) in [5, 5.41) is 0.134. The van der Waals surface area contributed by atoms with Crippen LogP contribution in [0.1, 0.15) is 82.1 Å². The minimum Gasteiger partial charge on any atom is -0.408 e. The first kappa shape index (κ1) is 37.3. The first-order chi connectivity index (χ1) is 18.4. The summed E-state index contributed by atoms with van der Waals surface area (Å²) in [7, 11) is -4.84. The van der Waals surface area contributed by atoms with Gasteiger partial charge in [0.15, 0.2) is 25.0 Å². The van der Waals surface area contributed by atoms with Gasteiger partial charge in [0.05, 0.1) is 24.9 Å². The SMILES string of the molecule is C/C=C/[C@H](O[Si](C)(C)C(C)(C)C)[C@@H]1O[C@H]2CC[C@H](COC)O[C@@H]2[C@H](O[Si](C)(C)C(C)(C)C)[C@@H]1O[Si](C)(C)C(C)(C)C. The zero-order valence-electron chi connectivity index (χ0n) is 29.8. The van der Waals surface area contributed by atoms with Crippen molar-refractivity contribution in [1.29, 1.82) is 0 Å². The third-order valence-corrected chi connectivity index (χ3v) is 24.0. The molecule has 0 N–H and O–H groups in total. The Balaban J connectivity index is 2.72. The minimum atomic E-state index is -2.24. The average molecular weight is 631 g/mol. The maximum Gasteiger partial charge on any atom is 0.193 e. The van der Waals surface area contributed by atoms with E-state index in [1.54, 1.807) is 7.11 Å². The number of ether oxygens (including phenoxy) is 3. The van der Waals surface area contributed by atoms with Crippen LogP contribution in [0.15, 0.2) is 12.2 Å². The van der Waals surface area contributed by atoms with E-state index in [0.29, 0.717) is 6.61 Å². The zero-order chi connectivity index (χ0) is 31.8. The van der Waals surface area contributed by atoms with E-state index in [4.69, 9.17) is 27.5 Å². The van der Waals surface area contributed by atoms with E-state index in [2.05, 4.69) is 121 Å². The van der Waals surface area contributed by atoms with E-state index in [0.717, 1.165) is 12.8 Å². The van der Waals surface area contributed by atoms with Crippen molar-refractivity contribution in [2.45, 2.75) is 179 Å². The van der Waals surface area contributed by atoms with Gasteiger partial charge in [-0.05, 0) is 74.2 Å². The molecule has 0 unspecified atom stereocenters. The van der Waals surface area contributed by atoms with Gasteiger partial charge < -0.3 is 27.5 Å². The van der Waals surface area contributed by atoms with Crippen LogP contribution in [0.2, 0.25) is 54.4 Å². The molecule has 0 aromatic rings. The molecule has 0 radical (unpaired) electrons. The number of methoxy groups -OCH3 is 1. The van der Waals surface area contributed by atoms with E-state index in [9.17, 15) is 0 Å². The van der Waals surface area contributed by atoms with Crippen molar-refractivity contribution in [2.24, 2.45) is 0 Å².